The first-order valence-electron chi connectivity index (χ1n) is 12.0. The van der Waals surface area contributed by atoms with E-state index in [1.165, 1.54) is 58.8 Å². The van der Waals surface area contributed by atoms with Gasteiger partial charge >= 0.3 is 0 Å². The van der Waals surface area contributed by atoms with Crippen LogP contribution in [0, 0.1) is 0 Å². The predicted molar refractivity (Wildman–Crippen MR) is 123 cm³/mol. The average Bonchev–Trinajstić information content (AvgIpc) is 2.72. The Bertz CT molecular complexity index is 458. The summed E-state index contributed by atoms with van der Waals surface area (Å²) in [5.41, 5.74) is -1.49. The van der Waals surface area contributed by atoms with Crippen molar-refractivity contribution in [3.63, 3.8) is 0 Å². The van der Waals surface area contributed by atoms with Crippen LogP contribution < -0.4 is 0 Å². The Labute approximate surface area is 184 Å². The summed E-state index contributed by atoms with van der Waals surface area (Å²) < 4.78 is 5.51. The van der Waals surface area contributed by atoms with Crippen molar-refractivity contribution in [2.75, 3.05) is 13.2 Å². The van der Waals surface area contributed by atoms with Gasteiger partial charge in [0.05, 0.1) is 13.2 Å². The van der Waals surface area contributed by atoms with Crippen molar-refractivity contribution < 1.29 is 24.5 Å². The highest BCUT2D eigenvalue weighted by atomic mass is 16.5. The molecule has 0 aromatic rings. The minimum atomic E-state index is -1.49. The van der Waals surface area contributed by atoms with E-state index in [0.29, 0.717) is 6.42 Å². The molecule has 0 rings (SSSR count). The minimum Gasteiger partial charge on any atom is -0.394 e. The van der Waals surface area contributed by atoms with Crippen molar-refractivity contribution in [1.82, 2.24) is 0 Å². The highest BCUT2D eigenvalue weighted by Gasteiger charge is 2.41. The lowest BCUT2D eigenvalue weighted by Gasteiger charge is -2.29. The Morgan fingerprint density at radius 1 is 0.833 bits per heavy atom. The minimum absolute atomic E-state index is 0.221. The first-order valence-corrected chi connectivity index (χ1v) is 12.0. The number of allylic oxidation sites excluding steroid dienone is 2. The van der Waals surface area contributed by atoms with Gasteiger partial charge in [-0.15, -0.1) is 0 Å². The maximum absolute atomic E-state index is 12.1. The van der Waals surface area contributed by atoms with Gasteiger partial charge in [-0.2, -0.15) is 0 Å². The lowest BCUT2D eigenvalue weighted by molar-refractivity contribution is -0.161. The Morgan fingerprint density at radius 3 is 1.77 bits per heavy atom. The molecule has 0 aliphatic carbocycles. The lowest BCUT2D eigenvalue weighted by atomic mass is 9.88. The van der Waals surface area contributed by atoms with Gasteiger partial charge in [-0.3, -0.25) is 9.59 Å². The molecule has 1 unspecified atom stereocenters. The molecule has 0 fully saturated rings. The molecule has 0 aromatic heterocycles. The number of hydrogen-bond acceptors (Lipinski definition) is 5. The zero-order chi connectivity index (χ0) is 22.7. The Morgan fingerprint density at radius 2 is 1.30 bits per heavy atom. The third-order valence-corrected chi connectivity index (χ3v) is 5.66. The molecular weight excluding hydrogens is 380 g/mol. The number of unbranched alkanes of at least 4 members (excludes halogenated alkanes) is 11. The fourth-order valence-electron chi connectivity index (χ4n) is 3.61. The third-order valence-electron chi connectivity index (χ3n) is 5.66. The number of rotatable bonds is 21. The van der Waals surface area contributed by atoms with Crippen LogP contribution in [0.2, 0.25) is 0 Å². The average molecular weight is 427 g/mol. The quantitative estimate of drug-likeness (QED) is 0.148. The zero-order valence-electron chi connectivity index (χ0n) is 19.7. The van der Waals surface area contributed by atoms with Crippen LogP contribution in [0.3, 0.4) is 0 Å². The number of aliphatic hydroxyl groups is 2. The summed E-state index contributed by atoms with van der Waals surface area (Å²) in [6.07, 6.45) is 19.2. The molecule has 0 spiro atoms. The van der Waals surface area contributed by atoms with Gasteiger partial charge in [0, 0.05) is 0 Å². The maximum Gasteiger partial charge on any atom is 0.183 e. The molecule has 0 saturated heterocycles. The van der Waals surface area contributed by atoms with Gasteiger partial charge in [-0.05, 0) is 52.4 Å². The normalized spacial score (nSPS) is 13.1. The first kappa shape index (κ1) is 29.0. The molecule has 1 atom stereocenters. The molecule has 0 amide bonds. The number of ketones is 2. The van der Waals surface area contributed by atoms with E-state index >= 15 is 0 Å². The number of aliphatic hydroxyl groups excluding tert-OH is 2. The molecule has 0 heterocycles. The Kier molecular flexibility index (Phi) is 18.1. The van der Waals surface area contributed by atoms with Crippen molar-refractivity contribution in [1.29, 1.82) is 0 Å². The standard InChI is InChI=1S/C25H46O5/c1-4-5-6-7-8-9-10-11-12-13-14-15-16-17-18-19-25(22(2)27,23(3)28)30-21-24(29)20-26/h11-12,24,26,29H,4-10,13-21H2,1-3H3/b12-11-. The van der Waals surface area contributed by atoms with E-state index in [-0.39, 0.29) is 18.2 Å². The number of carbonyl (C=O) groups excluding carboxylic acids is 2. The molecule has 30 heavy (non-hydrogen) atoms. The van der Waals surface area contributed by atoms with Gasteiger partial charge in [-0.1, -0.05) is 70.4 Å². The molecular formula is C25H46O5. The molecule has 0 aromatic carbocycles. The smallest absolute Gasteiger partial charge is 0.183 e. The summed E-state index contributed by atoms with van der Waals surface area (Å²) in [7, 11) is 0. The van der Waals surface area contributed by atoms with Crippen LogP contribution in [-0.2, 0) is 14.3 Å². The van der Waals surface area contributed by atoms with Gasteiger partial charge in [0.25, 0.3) is 0 Å². The lowest BCUT2D eigenvalue weighted by Crippen LogP contribution is -2.48. The summed E-state index contributed by atoms with van der Waals surface area (Å²) in [5, 5.41) is 18.4. The Hall–Kier alpha value is -1.04. The molecule has 0 aliphatic heterocycles. The van der Waals surface area contributed by atoms with Gasteiger partial charge in [0.15, 0.2) is 17.2 Å². The van der Waals surface area contributed by atoms with E-state index < -0.39 is 18.3 Å². The van der Waals surface area contributed by atoms with Crippen LogP contribution in [0.4, 0.5) is 0 Å². The third kappa shape index (κ3) is 13.3. The molecule has 0 radical (unpaired) electrons. The molecule has 0 aliphatic rings. The number of ether oxygens (including phenoxy) is 1. The summed E-state index contributed by atoms with van der Waals surface area (Å²) in [4.78, 5) is 24.2. The largest absolute Gasteiger partial charge is 0.394 e. The van der Waals surface area contributed by atoms with Crippen LogP contribution in [0.25, 0.3) is 0 Å². The van der Waals surface area contributed by atoms with E-state index in [0.717, 1.165) is 38.5 Å². The topological polar surface area (TPSA) is 83.8 Å². The van der Waals surface area contributed by atoms with Crippen LogP contribution >= 0.6 is 0 Å². The molecule has 0 bridgehead atoms. The van der Waals surface area contributed by atoms with E-state index in [9.17, 15) is 14.7 Å². The van der Waals surface area contributed by atoms with Crippen LogP contribution in [0.15, 0.2) is 12.2 Å². The number of carbonyl (C=O) groups is 2. The fraction of sp³-hybridized carbons (Fsp3) is 0.840. The molecule has 176 valence electrons. The van der Waals surface area contributed by atoms with Crippen LogP contribution in [0.5, 0.6) is 0 Å². The highest BCUT2D eigenvalue weighted by Crippen LogP contribution is 2.24. The second kappa shape index (κ2) is 18.7. The van der Waals surface area contributed by atoms with E-state index in [4.69, 9.17) is 9.84 Å². The summed E-state index contributed by atoms with van der Waals surface area (Å²) in [6.45, 7) is 4.27. The van der Waals surface area contributed by atoms with Gasteiger partial charge in [0.2, 0.25) is 0 Å². The predicted octanol–water partition coefficient (Wildman–Crippen LogP) is 5.31. The number of hydrogen-bond donors (Lipinski definition) is 2. The molecule has 2 N–H and O–H groups in total. The molecule has 5 heteroatoms. The second-order valence-electron chi connectivity index (χ2n) is 8.42. The van der Waals surface area contributed by atoms with Crippen molar-refractivity contribution in [2.45, 2.75) is 122 Å². The monoisotopic (exact) mass is 426 g/mol. The van der Waals surface area contributed by atoms with Gasteiger partial charge in [-0.25, -0.2) is 0 Å². The first-order chi connectivity index (χ1) is 14.4. The Balaban J connectivity index is 3.93. The fourth-order valence-corrected chi connectivity index (χ4v) is 3.61. The van der Waals surface area contributed by atoms with Crippen molar-refractivity contribution in [3.8, 4) is 0 Å². The molecule has 5 nitrogen and oxygen atoms in total. The van der Waals surface area contributed by atoms with Crippen molar-refractivity contribution in [2.24, 2.45) is 0 Å². The van der Waals surface area contributed by atoms with E-state index in [1.807, 2.05) is 0 Å². The van der Waals surface area contributed by atoms with Crippen LogP contribution in [-0.4, -0.2) is 46.7 Å². The van der Waals surface area contributed by atoms with Crippen molar-refractivity contribution in [3.05, 3.63) is 12.2 Å². The van der Waals surface area contributed by atoms with Gasteiger partial charge in [0.1, 0.15) is 6.10 Å². The van der Waals surface area contributed by atoms with Crippen molar-refractivity contribution >= 4 is 11.6 Å². The number of Topliss-reactive ketones (excluding diaryl/α,β-unsaturated/α-hetero) is 2. The maximum atomic E-state index is 12.1. The van der Waals surface area contributed by atoms with E-state index in [1.54, 1.807) is 0 Å². The summed E-state index contributed by atoms with van der Waals surface area (Å²) in [6, 6.07) is 0. The van der Waals surface area contributed by atoms with Gasteiger partial charge < -0.3 is 14.9 Å². The zero-order valence-corrected chi connectivity index (χ0v) is 19.7. The molecule has 0 saturated carbocycles. The van der Waals surface area contributed by atoms with E-state index in [2.05, 4.69) is 19.1 Å². The highest BCUT2D eigenvalue weighted by molar-refractivity contribution is 6.08. The second-order valence-corrected chi connectivity index (χ2v) is 8.42. The SMILES string of the molecule is CCCCCCCC/C=C\CCCCCCCC(OCC(O)CO)(C(C)=O)C(C)=O. The summed E-state index contributed by atoms with van der Waals surface area (Å²) >= 11 is 0. The summed E-state index contributed by atoms with van der Waals surface area (Å²) in [5.74, 6) is -0.675. The van der Waals surface area contributed by atoms with Crippen LogP contribution in [0.1, 0.15) is 111 Å².